The molecule has 6 rings (SSSR count). The highest BCUT2D eigenvalue weighted by molar-refractivity contribution is 6.07. The van der Waals surface area contributed by atoms with Gasteiger partial charge >= 0.3 is 6.03 Å². The van der Waals surface area contributed by atoms with Crippen LogP contribution in [0.4, 0.5) is 4.79 Å². The molecular formula is C30H31N3O2. The number of nitrogens with zero attached hydrogens (tertiary/aromatic N) is 3. The minimum Gasteiger partial charge on any atom is -0.312 e. The van der Waals surface area contributed by atoms with E-state index in [2.05, 4.69) is 47.4 Å². The minimum atomic E-state index is -0.691. The van der Waals surface area contributed by atoms with Gasteiger partial charge in [-0.2, -0.15) is 0 Å². The van der Waals surface area contributed by atoms with Crippen molar-refractivity contribution < 1.29 is 9.59 Å². The molecule has 3 aromatic carbocycles. The molecule has 0 N–H and O–H groups in total. The number of benzene rings is 3. The van der Waals surface area contributed by atoms with Crippen LogP contribution in [0.3, 0.4) is 0 Å². The second kappa shape index (κ2) is 8.65. The molecule has 3 amide bonds. The molecule has 2 fully saturated rings. The van der Waals surface area contributed by atoms with Gasteiger partial charge in [0.25, 0.3) is 5.91 Å². The summed E-state index contributed by atoms with van der Waals surface area (Å²) in [7, 11) is 1.80. The topological polar surface area (TPSA) is 43.9 Å². The Balaban J connectivity index is 1.10. The van der Waals surface area contributed by atoms with Crippen molar-refractivity contribution >= 4 is 11.9 Å². The molecule has 35 heavy (non-hydrogen) atoms. The van der Waals surface area contributed by atoms with Crippen molar-refractivity contribution in [1.82, 2.24) is 14.7 Å². The van der Waals surface area contributed by atoms with E-state index in [1.54, 1.807) is 11.9 Å². The van der Waals surface area contributed by atoms with Gasteiger partial charge in [-0.1, -0.05) is 72.8 Å². The normalized spacial score (nSPS) is 18.9. The van der Waals surface area contributed by atoms with Crippen molar-refractivity contribution in [3.05, 3.63) is 95.1 Å². The van der Waals surface area contributed by atoms with E-state index in [-0.39, 0.29) is 11.9 Å². The summed E-state index contributed by atoms with van der Waals surface area (Å²) in [6.07, 6.45) is 3.07. The zero-order chi connectivity index (χ0) is 24.0. The number of likely N-dealkylation sites (tertiary alicyclic amines) is 1. The van der Waals surface area contributed by atoms with Gasteiger partial charge in [0, 0.05) is 33.2 Å². The van der Waals surface area contributed by atoms with Crippen LogP contribution in [0.2, 0.25) is 0 Å². The van der Waals surface area contributed by atoms with Gasteiger partial charge in [-0.3, -0.25) is 14.6 Å². The predicted molar refractivity (Wildman–Crippen MR) is 137 cm³/mol. The average Bonchev–Trinajstić information content (AvgIpc) is 3.34. The highest BCUT2D eigenvalue weighted by Gasteiger charge is 2.56. The first-order chi connectivity index (χ1) is 17.0. The van der Waals surface area contributed by atoms with E-state index in [1.807, 2.05) is 30.3 Å². The summed E-state index contributed by atoms with van der Waals surface area (Å²) in [6, 6.07) is 25.4. The zero-order valence-electron chi connectivity index (χ0n) is 20.2. The Bertz CT molecular complexity index is 1280. The fourth-order valence-corrected chi connectivity index (χ4v) is 6.11. The van der Waals surface area contributed by atoms with E-state index < -0.39 is 5.54 Å². The third-order valence-electron chi connectivity index (χ3n) is 8.22. The van der Waals surface area contributed by atoms with Gasteiger partial charge in [-0.05, 0) is 59.1 Å². The monoisotopic (exact) mass is 465 g/mol. The molecule has 2 aliphatic heterocycles. The number of fused-ring (bicyclic) bond motifs is 3. The molecule has 1 spiro atoms. The second-order valence-corrected chi connectivity index (χ2v) is 10.2. The Morgan fingerprint density at radius 1 is 0.800 bits per heavy atom. The second-order valence-electron chi connectivity index (χ2n) is 10.2. The molecule has 0 aromatic heterocycles. The molecule has 0 radical (unpaired) electrons. The largest absolute Gasteiger partial charge is 0.327 e. The Labute approximate surface area is 207 Å². The lowest BCUT2D eigenvalue weighted by atomic mass is 9.86. The molecule has 0 atom stereocenters. The smallest absolute Gasteiger partial charge is 0.312 e. The lowest BCUT2D eigenvalue weighted by Crippen LogP contribution is -2.55. The van der Waals surface area contributed by atoms with Gasteiger partial charge in [0.05, 0.1) is 0 Å². The highest BCUT2D eigenvalue weighted by atomic mass is 16.2. The van der Waals surface area contributed by atoms with Crippen LogP contribution in [0.1, 0.15) is 35.1 Å². The van der Waals surface area contributed by atoms with E-state index in [0.717, 1.165) is 31.6 Å². The summed E-state index contributed by atoms with van der Waals surface area (Å²) in [6.45, 7) is 2.94. The molecule has 178 valence electrons. The maximum Gasteiger partial charge on any atom is 0.327 e. The summed E-state index contributed by atoms with van der Waals surface area (Å²) in [5.41, 5.74) is 7.30. The number of imide groups is 1. The number of carbonyl (C=O) groups excluding carboxylic acids is 2. The molecule has 5 heteroatoms. The number of urea groups is 1. The molecule has 0 bridgehead atoms. The van der Waals surface area contributed by atoms with Crippen LogP contribution in [0.5, 0.6) is 0 Å². The van der Waals surface area contributed by atoms with E-state index in [9.17, 15) is 9.59 Å². The number of rotatable bonds is 5. The molecule has 2 saturated heterocycles. The minimum absolute atomic E-state index is 0.0177. The van der Waals surface area contributed by atoms with E-state index in [1.165, 1.54) is 32.7 Å². The third-order valence-corrected chi connectivity index (χ3v) is 8.22. The van der Waals surface area contributed by atoms with Crippen LogP contribution in [0.25, 0.3) is 11.1 Å². The number of hydrogen-bond donors (Lipinski definition) is 0. The van der Waals surface area contributed by atoms with Crippen molar-refractivity contribution in [1.29, 1.82) is 0 Å². The van der Waals surface area contributed by atoms with E-state index >= 15 is 0 Å². The summed E-state index contributed by atoms with van der Waals surface area (Å²) in [5.74, 6) is -0.0177. The third kappa shape index (κ3) is 3.75. The molecule has 0 unspecified atom stereocenters. The predicted octanol–water partition coefficient (Wildman–Crippen LogP) is 4.73. The van der Waals surface area contributed by atoms with Crippen LogP contribution in [-0.4, -0.2) is 58.9 Å². The van der Waals surface area contributed by atoms with Gasteiger partial charge in [0.1, 0.15) is 5.54 Å². The first-order valence-corrected chi connectivity index (χ1v) is 12.6. The molecule has 2 heterocycles. The number of hydrogen-bond acceptors (Lipinski definition) is 3. The van der Waals surface area contributed by atoms with Crippen molar-refractivity contribution in [2.24, 2.45) is 0 Å². The average molecular weight is 466 g/mol. The van der Waals surface area contributed by atoms with Crippen molar-refractivity contribution in [3.8, 4) is 11.1 Å². The van der Waals surface area contributed by atoms with Gasteiger partial charge < -0.3 is 4.90 Å². The molecular weight excluding hydrogens is 434 g/mol. The first kappa shape index (κ1) is 22.1. The van der Waals surface area contributed by atoms with Crippen molar-refractivity contribution in [2.45, 2.75) is 37.8 Å². The Kier molecular flexibility index (Phi) is 5.45. The number of piperidine rings is 1. The standard InChI is InChI=1S/C30H31N3O2/c1-31-29(35)33(16-13-22-7-3-2-4-8-22)28(34)30(31)14-17-32(18-15-30)21-23-11-12-27-25(19-23)20-24-9-5-6-10-26(24)27/h2-12,19H,13-18,20-21H2,1H3. The summed E-state index contributed by atoms with van der Waals surface area (Å²) in [4.78, 5) is 32.1. The lowest BCUT2D eigenvalue weighted by molar-refractivity contribution is -0.135. The van der Waals surface area contributed by atoms with Crippen molar-refractivity contribution in [2.75, 3.05) is 26.7 Å². The number of likely N-dealkylation sites (N-methyl/N-ethyl adjacent to an activating group) is 1. The van der Waals surface area contributed by atoms with Crippen molar-refractivity contribution in [3.63, 3.8) is 0 Å². The fourth-order valence-electron chi connectivity index (χ4n) is 6.11. The maximum absolute atomic E-state index is 13.5. The first-order valence-electron chi connectivity index (χ1n) is 12.6. The van der Waals surface area contributed by atoms with Gasteiger partial charge in [-0.15, -0.1) is 0 Å². The Hall–Kier alpha value is -3.44. The molecule has 0 saturated carbocycles. The molecule has 3 aromatic rings. The van der Waals surface area contributed by atoms with Crippen LogP contribution in [0, 0.1) is 0 Å². The molecule has 5 nitrogen and oxygen atoms in total. The Morgan fingerprint density at radius 3 is 2.31 bits per heavy atom. The molecule has 1 aliphatic carbocycles. The number of amides is 3. The highest BCUT2D eigenvalue weighted by Crippen LogP contribution is 2.38. The van der Waals surface area contributed by atoms with Gasteiger partial charge in [0.15, 0.2) is 0 Å². The van der Waals surface area contributed by atoms with E-state index in [0.29, 0.717) is 25.8 Å². The van der Waals surface area contributed by atoms with Crippen LogP contribution in [-0.2, 0) is 24.2 Å². The van der Waals surface area contributed by atoms with Gasteiger partial charge in [-0.25, -0.2) is 4.79 Å². The summed E-state index contributed by atoms with van der Waals surface area (Å²) in [5, 5.41) is 0. The van der Waals surface area contributed by atoms with Gasteiger partial charge in [0.2, 0.25) is 0 Å². The Morgan fingerprint density at radius 2 is 1.51 bits per heavy atom. The summed E-state index contributed by atoms with van der Waals surface area (Å²) < 4.78 is 0. The van der Waals surface area contributed by atoms with Crippen LogP contribution >= 0.6 is 0 Å². The number of carbonyl (C=O) groups is 2. The van der Waals surface area contributed by atoms with E-state index in [4.69, 9.17) is 0 Å². The lowest BCUT2D eigenvalue weighted by Gasteiger charge is -2.40. The van der Waals surface area contributed by atoms with Crippen LogP contribution < -0.4 is 0 Å². The summed E-state index contributed by atoms with van der Waals surface area (Å²) >= 11 is 0. The SMILES string of the molecule is CN1C(=O)N(CCc2ccccc2)C(=O)C12CCN(Cc1ccc3c(c1)Cc1ccccc1-3)CC2. The van der Waals surface area contributed by atoms with Crippen LogP contribution in [0.15, 0.2) is 72.8 Å². The zero-order valence-corrected chi connectivity index (χ0v) is 20.2. The fraction of sp³-hybridized carbons (Fsp3) is 0.333. The quantitative estimate of drug-likeness (QED) is 0.400. The molecule has 3 aliphatic rings. The maximum atomic E-state index is 13.5.